The number of methoxy groups -OCH3 is 1. The molecular formula is C15H18N2O2. The van der Waals surface area contributed by atoms with Crippen molar-refractivity contribution in [3.8, 4) is 6.07 Å². The normalized spacial score (nSPS) is 20.9. The highest BCUT2D eigenvalue weighted by Gasteiger charge is 2.45. The number of nitrogens with zero attached hydrogens (tertiary/aromatic N) is 2. The van der Waals surface area contributed by atoms with E-state index in [1.807, 2.05) is 12.1 Å². The van der Waals surface area contributed by atoms with E-state index in [0.29, 0.717) is 5.56 Å². The SMILES string of the molecule is COC(=O)C1CCN(c2ccc(C#N)cc2)C1(C)C. The van der Waals surface area contributed by atoms with Crippen LogP contribution in [0.2, 0.25) is 0 Å². The molecule has 0 N–H and O–H groups in total. The molecule has 4 nitrogen and oxygen atoms in total. The Morgan fingerprint density at radius 1 is 1.42 bits per heavy atom. The number of benzene rings is 1. The molecule has 1 atom stereocenters. The Morgan fingerprint density at radius 2 is 2.05 bits per heavy atom. The first-order valence-electron chi connectivity index (χ1n) is 6.36. The van der Waals surface area contributed by atoms with E-state index >= 15 is 0 Å². The van der Waals surface area contributed by atoms with Crippen molar-refractivity contribution in [2.75, 3.05) is 18.6 Å². The summed E-state index contributed by atoms with van der Waals surface area (Å²) >= 11 is 0. The molecule has 1 aliphatic rings. The summed E-state index contributed by atoms with van der Waals surface area (Å²) in [7, 11) is 1.43. The van der Waals surface area contributed by atoms with Gasteiger partial charge in [-0.2, -0.15) is 5.26 Å². The second kappa shape index (κ2) is 4.93. The number of nitriles is 1. The van der Waals surface area contributed by atoms with Crippen molar-refractivity contribution in [2.45, 2.75) is 25.8 Å². The predicted octanol–water partition coefficient (Wildman–Crippen LogP) is 2.34. The monoisotopic (exact) mass is 258 g/mol. The van der Waals surface area contributed by atoms with Crippen molar-refractivity contribution >= 4 is 11.7 Å². The molecule has 0 radical (unpaired) electrons. The van der Waals surface area contributed by atoms with Crippen LogP contribution in [0.3, 0.4) is 0 Å². The highest BCUT2D eigenvalue weighted by molar-refractivity contribution is 5.76. The molecule has 4 heteroatoms. The van der Waals surface area contributed by atoms with Crippen LogP contribution < -0.4 is 4.90 Å². The Bertz CT molecular complexity index is 514. The first-order chi connectivity index (χ1) is 9.00. The molecule has 1 saturated heterocycles. The Hall–Kier alpha value is -2.02. The zero-order valence-corrected chi connectivity index (χ0v) is 11.5. The zero-order chi connectivity index (χ0) is 14.0. The van der Waals surface area contributed by atoms with Gasteiger partial charge in [-0.3, -0.25) is 4.79 Å². The van der Waals surface area contributed by atoms with E-state index in [-0.39, 0.29) is 17.4 Å². The molecule has 1 unspecified atom stereocenters. The van der Waals surface area contributed by atoms with Gasteiger partial charge in [-0.15, -0.1) is 0 Å². The lowest BCUT2D eigenvalue weighted by atomic mass is 9.88. The zero-order valence-electron chi connectivity index (χ0n) is 11.5. The van der Waals surface area contributed by atoms with Gasteiger partial charge in [0.1, 0.15) is 0 Å². The van der Waals surface area contributed by atoms with E-state index in [4.69, 9.17) is 10.00 Å². The number of ether oxygens (including phenoxy) is 1. The minimum absolute atomic E-state index is 0.117. The third-order valence-corrected chi connectivity index (χ3v) is 3.98. The molecule has 1 aromatic rings. The summed E-state index contributed by atoms with van der Waals surface area (Å²) in [5.41, 5.74) is 1.40. The van der Waals surface area contributed by atoms with E-state index in [1.54, 1.807) is 12.1 Å². The molecule has 0 bridgehead atoms. The fourth-order valence-corrected chi connectivity index (χ4v) is 2.81. The van der Waals surface area contributed by atoms with Crippen LogP contribution in [0, 0.1) is 17.2 Å². The molecule has 0 saturated carbocycles. The van der Waals surface area contributed by atoms with E-state index in [0.717, 1.165) is 18.7 Å². The van der Waals surface area contributed by atoms with Gasteiger partial charge < -0.3 is 9.64 Å². The van der Waals surface area contributed by atoms with E-state index in [1.165, 1.54) is 7.11 Å². The van der Waals surface area contributed by atoms with Gasteiger partial charge in [0, 0.05) is 17.8 Å². The average molecular weight is 258 g/mol. The van der Waals surface area contributed by atoms with Crippen LogP contribution in [0.5, 0.6) is 0 Å². The third-order valence-electron chi connectivity index (χ3n) is 3.98. The molecule has 19 heavy (non-hydrogen) atoms. The topological polar surface area (TPSA) is 53.3 Å². The lowest BCUT2D eigenvalue weighted by molar-refractivity contribution is -0.146. The van der Waals surface area contributed by atoms with E-state index < -0.39 is 0 Å². The molecule has 0 spiro atoms. The van der Waals surface area contributed by atoms with Crippen molar-refractivity contribution in [2.24, 2.45) is 5.92 Å². The standard InChI is InChI=1S/C15H18N2O2/c1-15(2)13(14(18)19-3)8-9-17(15)12-6-4-11(10-16)5-7-12/h4-7,13H,8-9H2,1-3H3. The second-order valence-corrected chi connectivity index (χ2v) is 5.33. The third kappa shape index (κ3) is 2.28. The maximum atomic E-state index is 11.8. The molecule has 1 aliphatic heterocycles. The summed E-state index contributed by atoms with van der Waals surface area (Å²) in [4.78, 5) is 14.0. The molecule has 100 valence electrons. The number of rotatable bonds is 2. The van der Waals surface area contributed by atoms with Crippen molar-refractivity contribution in [3.63, 3.8) is 0 Å². The quantitative estimate of drug-likeness (QED) is 0.764. The van der Waals surface area contributed by atoms with Gasteiger partial charge in [-0.25, -0.2) is 0 Å². The minimum Gasteiger partial charge on any atom is -0.469 e. The summed E-state index contributed by atoms with van der Waals surface area (Å²) in [6.07, 6.45) is 0.791. The van der Waals surface area contributed by atoms with Crippen LogP contribution >= 0.6 is 0 Å². The van der Waals surface area contributed by atoms with Crippen molar-refractivity contribution < 1.29 is 9.53 Å². The van der Waals surface area contributed by atoms with Crippen LogP contribution in [-0.2, 0) is 9.53 Å². The van der Waals surface area contributed by atoms with Gasteiger partial charge in [0.15, 0.2) is 0 Å². The van der Waals surface area contributed by atoms with Gasteiger partial charge in [-0.1, -0.05) is 0 Å². The van der Waals surface area contributed by atoms with Crippen LogP contribution in [0.25, 0.3) is 0 Å². The van der Waals surface area contributed by atoms with E-state index in [2.05, 4.69) is 24.8 Å². The summed E-state index contributed by atoms with van der Waals surface area (Å²) in [6.45, 7) is 4.93. The number of hydrogen-bond acceptors (Lipinski definition) is 4. The van der Waals surface area contributed by atoms with Crippen LogP contribution in [0.4, 0.5) is 5.69 Å². The lowest BCUT2D eigenvalue weighted by Crippen LogP contribution is -2.45. The van der Waals surface area contributed by atoms with Crippen molar-refractivity contribution in [1.29, 1.82) is 5.26 Å². The first-order valence-corrected chi connectivity index (χ1v) is 6.36. The molecule has 2 rings (SSSR count). The number of carbonyl (C=O) groups excluding carboxylic acids is 1. The summed E-state index contributed by atoms with van der Waals surface area (Å²) < 4.78 is 4.88. The fourth-order valence-electron chi connectivity index (χ4n) is 2.81. The predicted molar refractivity (Wildman–Crippen MR) is 72.7 cm³/mol. The van der Waals surface area contributed by atoms with Crippen LogP contribution in [-0.4, -0.2) is 25.2 Å². The summed E-state index contributed by atoms with van der Waals surface area (Å²) in [5, 5.41) is 8.82. The lowest BCUT2D eigenvalue weighted by Gasteiger charge is -2.36. The maximum absolute atomic E-state index is 11.8. The van der Waals surface area contributed by atoms with Crippen molar-refractivity contribution in [1.82, 2.24) is 0 Å². The van der Waals surface area contributed by atoms with Crippen LogP contribution in [0.15, 0.2) is 24.3 Å². The van der Waals surface area contributed by atoms with Gasteiger partial charge >= 0.3 is 5.97 Å². The molecule has 1 heterocycles. The number of anilines is 1. The molecule has 0 aliphatic carbocycles. The summed E-state index contributed by atoms with van der Waals surface area (Å²) in [5.74, 6) is -0.269. The molecule has 0 aromatic heterocycles. The fraction of sp³-hybridized carbons (Fsp3) is 0.467. The number of hydrogen-bond donors (Lipinski definition) is 0. The second-order valence-electron chi connectivity index (χ2n) is 5.33. The first kappa shape index (κ1) is 13.4. The maximum Gasteiger partial charge on any atom is 0.311 e. The molecule has 0 amide bonds. The average Bonchev–Trinajstić information content (AvgIpc) is 2.73. The van der Waals surface area contributed by atoms with Gasteiger partial charge in [0.05, 0.1) is 24.7 Å². The number of carbonyl (C=O) groups is 1. The van der Waals surface area contributed by atoms with Gasteiger partial charge in [-0.05, 0) is 44.5 Å². The Labute approximate surface area is 113 Å². The van der Waals surface area contributed by atoms with Crippen LogP contribution in [0.1, 0.15) is 25.8 Å². The summed E-state index contributed by atoms with van der Waals surface area (Å²) in [6, 6.07) is 9.57. The number of esters is 1. The molecule has 1 fully saturated rings. The minimum atomic E-state index is -0.277. The van der Waals surface area contributed by atoms with Crippen molar-refractivity contribution in [3.05, 3.63) is 29.8 Å². The Morgan fingerprint density at radius 3 is 2.58 bits per heavy atom. The molecular weight excluding hydrogens is 240 g/mol. The van der Waals surface area contributed by atoms with Gasteiger partial charge in [0.2, 0.25) is 0 Å². The largest absolute Gasteiger partial charge is 0.469 e. The Kier molecular flexibility index (Phi) is 3.48. The van der Waals surface area contributed by atoms with Gasteiger partial charge in [0.25, 0.3) is 0 Å². The Balaban J connectivity index is 2.26. The highest BCUT2D eigenvalue weighted by Crippen LogP contribution is 2.38. The smallest absolute Gasteiger partial charge is 0.311 e. The highest BCUT2D eigenvalue weighted by atomic mass is 16.5. The molecule has 1 aromatic carbocycles. The van der Waals surface area contributed by atoms with E-state index in [9.17, 15) is 4.79 Å².